The topological polar surface area (TPSA) is 56.0 Å². The van der Waals surface area contributed by atoms with Crippen molar-refractivity contribution in [3.63, 3.8) is 0 Å². The summed E-state index contributed by atoms with van der Waals surface area (Å²) in [5, 5.41) is 21.4. The van der Waals surface area contributed by atoms with Gasteiger partial charge in [0.05, 0.1) is 22.9 Å². The fraction of sp³-hybridized carbons (Fsp3) is 0.417. The molecule has 16 heavy (non-hydrogen) atoms. The number of rotatable bonds is 3. The minimum Gasteiger partial charge on any atom is -0.391 e. The van der Waals surface area contributed by atoms with Crippen molar-refractivity contribution in [1.82, 2.24) is 0 Å². The fourth-order valence-corrected chi connectivity index (χ4v) is 1.17. The molecule has 1 atom stereocenters. The van der Waals surface area contributed by atoms with E-state index in [1.54, 1.807) is 6.92 Å². The Morgan fingerprint density at radius 2 is 2.12 bits per heavy atom. The minimum absolute atomic E-state index is 0.230. The standard InChI is InChI=1S/C12H15FN2O/c1-8(16)12(2,3)15-11-5-4-10(13)6-9(11)7-14/h4-6,8,15-16H,1-3H3. The summed E-state index contributed by atoms with van der Waals surface area (Å²) in [6.45, 7) is 5.27. The fourth-order valence-electron chi connectivity index (χ4n) is 1.17. The van der Waals surface area contributed by atoms with E-state index in [4.69, 9.17) is 5.26 Å². The summed E-state index contributed by atoms with van der Waals surface area (Å²) >= 11 is 0. The van der Waals surface area contributed by atoms with Crippen molar-refractivity contribution in [2.24, 2.45) is 0 Å². The first-order chi connectivity index (χ1) is 7.36. The highest BCUT2D eigenvalue weighted by Crippen LogP contribution is 2.22. The zero-order chi connectivity index (χ0) is 12.3. The lowest BCUT2D eigenvalue weighted by Crippen LogP contribution is -2.42. The van der Waals surface area contributed by atoms with Gasteiger partial charge in [0, 0.05) is 0 Å². The highest BCUT2D eigenvalue weighted by molar-refractivity contribution is 5.58. The molecule has 86 valence electrons. The highest BCUT2D eigenvalue weighted by atomic mass is 19.1. The van der Waals surface area contributed by atoms with Crippen molar-refractivity contribution < 1.29 is 9.50 Å². The van der Waals surface area contributed by atoms with Gasteiger partial charge in [0.1, 0.15) is 11.9 Å². The third-order valence-electron chi connectivity index (χ3n) is 2.60. The summed E-state index contributed by atoms with van der Waals surface area (Å²) in [5.41, 5.74) is 0.173. The third-order valence-corrected chi connectivity index (χ3v) is 2.60. The van der Waals surface area contributed by atoms with Crippen molar-refractivity contribution in [2.75, 3.05) is 5.32 Å². The molecule has 4 heteroatoms. The lowest BCUT2D eigenvalue weighted by Gasteiger charge is -2.30. The lowest BCUT2D eigenvalue weighted by molar-refractivity contribution is 0.133. The molecule has 0 aromatic heterocycles. The molecule has 1 rings (SSSR count). The summed E-state index contributed by atoms with van der Waals surface area (Å²) in [6.07, 6.45) is -0.593. The van der Waals surface area contributed by atoms with Crippen LogP contribution in [-0.4, -0.2) is 16.7 Å². The van der Waals surface area contributed by atoms with E-state index in [9.17, 15) is 9.50 Å². The maximum Gasteiger partial charge on any atom is 0.124 e. The van der Waals surface area contributed by atoms with Crippen molar-refractivity contribution in [3.05, 3.63) is 29.6 Å². The first-order valence-corrected chi connectivity index (χ1v) is 5.02. The van der Waals surface area contributed by atoms with Gasteiger partial charge >= 0.3 is 0 Å². The van der Waals surface area contributed by atoms with Gasteiger partial charge in [-0.25, -0.2) is 4.39 Å². The second-order valence-electron chi connectivity index (χ2n) is 4.32. The molecule has 0 saturated carbocycles. The second-order valence-corrected chi connectivity index (χ2v) is 4.32. The van der Waals surface area contributed by atoms with Crippen molar-refractivity contribution in [1.29, 1.82) is 5.26 Å². The van der Waals surface area contributed by atoms with Crippen LogP contribution in [0.3, 0.4) is 0 Å². The summed E-state index contributed by atoms with van der Waals surface area (Å²) in [5.74, 6) is -0.447. The van der Waals surface area contributed by atoms with E-state index in [-0.39, 0.29) is 5.56 Å². The largest absolute Gasteiger partial charge is 0.391 e. The Balaban J connectivity index is 3.03. The molecule has 2 N–H and O–H groups in total. The number of aliphatic hydroxyl groups excluding tert-OH is 1. The number of aliphatic hydroxyl groups is 1. The molecule has 0 aliphatic heterocycles. The molecule has 0 heterocycles. The Morgan fingerprint density at radius 1 is 1.50 bits per heavy atom. The maximum absolute atomic E-state index is 12.9. The number of nitrogens with zero attached hydrogens (tertiary/aromatic N) is 1. The van der Waals surface area contributed by atoms with Crippen LogP contribution < -0.4 is 5.32 Å². The molecule has 0 bridgehead atoms. The first kappa shape index (κ1) is 12.5. The molecule has 0 radical (unpaired) electrons. The first-order valence-electron chi connectivity index (χ1n) is 5.02. The van der Waals surface area contributed by atoms with E-state index in [1.807, 2.05) is 19.9 Å². The van der Waals surface area contributed by atoms with E-state index in [2.05, 4.69) is 5.32 Å². The van der Waals surface area contributed by atoms with E-state index < -0.39 is 17.5 Å². The molecule has 0 fully saturated rings. The van der Waals surface area contributed by atoms with E-state index in [1.165, 1.54) is 18.2 Å². The Bertz CT molecular complexity index is 422. The van der Waals surface area contributed by atoms with Crippen molar-refractivity contribution in [2.45, 2.75) is 32.4 Å². The zero-order valence-electron chi connectivity index (χ0n) is 9.58. The molecule has 0 spiro atoms. The number of hydrogen-bond acceptors (Lipinski definition) is 3. The van der Waals surface area contributed by atoms with Gasteiger partial charge in [0.2, 0.25) is 0 Å². The quantitative estimate of drug-likeness (QED) is 0.824. The smallest absolute Gasteiger partial charge is 0.124 e. The third kappa shape index (κ3) is 2.71. The van der Waals surface area contributed by atoms with Gasteiger partial charge in [0.25, 0.3) is 0 Å². The van der Waals surface area contributed by atoms with Gasteiger partial charge in [-0.15, -0.1) is 0 Å². The van der Waals surface area contributed by atoms with Crippen LogP contribution in [-0.2, 0) is 0 Å². The van der Waals surface area contributed by atoms with E-state index in [0.717, 1.165) is 0 Å². The van der Waals surface area contributed by atoms with Crippen molar-refractivity contribution >= 4 is 5.69 Å². The molecule has 0 aliphatic carbocycles. The van der Waals surface area contributed by atoms with E-state index in [0.29, 0.717) is 5.69 Å². The van der Waals surface area contributed by atoms with E-state index >= 15 is 0 Å². The molecule has 3 nitrogen and oxygen atoms in total. The van der Waals surface area contributed by atoms with Crippen LogP contribution in [0.5, 0.6) is 0 Å². The molecular formula is C12H15FN2O. The molecule has 1 aromatic carbocycles. The van der Waals surface area contributed by atoms with Crippen LogP contribution in [0.25, 0.3) is 0 Å². The highest BCUT2D eigenvalue weighted by Gasteiger charge is 2.24. The van der Waals surface area contributed by atoms with Crippen LogP contribution in [0.1, 0.15) is 26.3 Å². The van der Waals surface area contributed by atoms with Gasteiger partial charge in [0.15, 0.2) is 0 Å². The van der Waals surface area contributed by atoms with Crippen molar-refractivity contribution in [3.8, 4) is 6.07 Å². The number of halogens is 1. The monoisotopic (exact) mass is 222 g/mol. The molecule has 0 saturated heterocycles. The van der Waals surface area contributed by atoms with Crippen LogP contribution in [0, 0.1) is 17.1 Å². The average Bonchev–Trinajstić information content (AvgIpc) is 2.20. The number of anilines is 1. The summed E-state index contributed by atoms with van der Waals surface area (Å²) < 4.78 is 12.9. The second kappa shape index (κ2) is 4.50. The normalized spacial score (nSPS) is 13.0. The minimum atomic E-state index is -0.593. The van der Waals surface area contributed by atoms with Crippen LogP contribution in [0.2, 0.25) is 0 Å². The van der Waals surface area contributed by atoms with Gasteiger partial charge in [-0.1, -0.05) is 0 Å². The molecule has 0 amide bonds. The van der Waals surface area contributed by atoms with Crippen LogP contribution in [0.15, 0.2) is 18.2 Å². The average molecular weight is 222 g/mol. The zero-order valence-corrected chi connectivity index (χ0v) is 9.58. The molecular weight excluding hydrogens is 207 g/mol. The van der Waals surface area contributed by atoms with Gasteiger partial charge in [-0.3, -0.25) is 0 Å². The summed E-state index contributed by atoms with van der Waals surface area (Å²) in [4.78, 5) is 0. The Kier molecular flexibility index (Phi) is 3.51. The van der Waals surface area contributed by atoms with Gasteiger partial charge < -0.3 is 10.4 Å². The molecule has 1 aromatic rings. The van der Waals surface area contributed by atoms with Crippen LogP contribution >= 0.6 is 0 Å². The SMILES string of the molecule is CC(O)C(C)(C)Nc1ccc(F)cc1C#N. The van der Waals surface area contributed by atoms with Gasteiger partial charge in [-0.2, -0.15) is 5.26 Å². The van der Waals surface area contributed by atoms with Gasteiger partial charge in [-0.05, 0) is 39.0 Å². The Labute approximate surface area is 94.5 Å². The number of hydrogen-bond donors (Lipinski definition) is 2. The Morgan fingerprint density at radius 3 is 2.62 bits per heavy atom. The predicted molar refractivity (Wildman–Crippen MR) is 60.5 cm³/mol. The summed E-state index contributed by atoms with van der Waals surface area (Å²) in [7, 11) is 0. The number of nitrogens with one attached hydrogen (secondary N) is 1. The summed E-state index contributed by atoms with van der Waals surface area (Å²) in [6, 6.07) is 5.86. The molecule has 1 unspecified atom stereocenters. The Hall–Kier alpha value is -1.60. The van der Waals surface area contributed by atoms with Crippen LogP contribution in [0.4, 0.5) is 10.1 Å². The number of benzene rings is 1. The molecule has 0 aliphatic rings. The maximum atomic E-state index is 12.9. The lowest BCUT2D eigenvalue weighted by atomic mass is 9.97. The predicted octanol–water partition coefficient (Wildman–Crippen LogP) is 2.27. The number of nitriles is 1.